The largest absolute Gasteiger partial charge is 0.365 e. The van der Waals surface area contributed by atoms with Crippen LogP contribution in [0.4, 0.5) is 0 Å². The SMILES string of the molecule is CCC1CN=C(NCCCCCSC)S1. The minimum Gasteiger partial charge on any atom is -0.365 e. The molecule has 15 heavy (non-hydrogen) atoms. The molecule has 1 rings (SSSR count). The molecule has 1 atom stereocenters. The monoisotopic (exact) mass is 246 g/mol. The van der Waals surface area contributed by atoms with Crippen molar-refractivity contribution in [1.29, 1.82) is 0 Å². The van der Waals surface area contributed by atoms with Crippen LogP contribution in [0.2, 0.25) is 0 Å². The molecule has 1 unspecified atom stereocenters. The van der Waals surface area contributed by atoms with E-state index in [0.717, 1.165) is 18.3 Å². The highest BCUT2D eigenvalue weighted by molar-refractivity contribution is 8.14. The summed E-state index contributed by atoms with van der Waals surface area (Å²) in [6.07, 6.45) is 7.36. The van der Waals surface area contributed by atoms with E-state index in [1.165, 1.54) is 36.6 Å². The van der Waals surface area contributed by atoms with E-state index in [0.29, 0.717) is 0 Å². The Balaban J connectivity index is 1.92. The molecule has 2 nitrogen and oxygen atoms in total. The first-order valence-corrected chi connectivity index (χ1v) is 8.08. The summed E-state index contributed by atoms with van der Waals surface area (Å²) in [5.74, 6) is 1.30. The number of hydrogen-bond donors (Lipinski definition) is 1. The van der Waals surface area contributed by atoms with Gasteiger partial charge in [-0.05, 0) is 31.3 Å². The lowest BCUT2D eigenvalue weighted by Gasteiger charge is -2.06. The molecule has 0 saturated carbocycles. The first kappa shape index (κ1) is 13.2. The molecule has 0 aromatic carbocycles. The molecular weight excluding hydrogens is 224 g/mol. The van der Waals surface area contributed by atoms with Crippen LogP contribution in [0, 0.1) is 0 Å². The van der Waals surface area contributed by atoms with E-state index >= 15 is 0 Å². The normalized spacial score (nSPS) is 20.4. The van der Waals surface area contributed by atoms with Gasteiger partial charge in [0.15, 0.2) is 5.17 Å². The zero-order valence-corrected chi connectivity index (χ0v) is 11.4. The fourth-order valence-corrected chi connectivity index (χ4v) is 2.93. The third-order valence-corrected chi connectivity index (χ3v) is 4.48. The van der Waals surface area contributed by atoms with Crippen molar-refractivity contribution in [3.63, 3.8) is 0 Å². The molecule has 0 aromatic heterocycles. The maximum Gasteiger partial charge on any atom is 0.156 e. The van der Waals surface area contributed by atoms with E-state index in [1.54, 1.807) is 0 Å². The van der Waals surface area contributed by atoms with Crippen LogP contribution in [-0.2, 0) is 0 Å². The fraction of sp³-hybridized carbons (Fsp3) is 0.909. The predicted molar refractivity (Wildman–Crippen MR) is 74.2 cm³/mol. The highest BCUT2D eigenvalue weighted by Gasteiger charge is 2.16. The number of amidine groups is 1. The van der Waals surface area contributed by atoms with Crippen LogP contribution in [0.1, 0.15) is 32.6 Å². The molecule has 1 N–H and O–H groups in total. The average Bonchev–Trinajstić information content (AvgIpc) is 2.71. The van der Waals surface area contributed by atoms with Gasteiger partial charge in [-0.1, -0.05) is 25.1 Å². The summed E-state index contributed by atoms with van der Waals surface area (Å²) in [5, 5.41) is 5.33. The zero-order valence-electron chi connectivity index (χ0n) is 9.79. The summed E-state index contributed by atoms with van der Waals surface area (Å²) < 4.78 is 0. The minimum atomic E-state index is 0.726. The molecule has 0 radical (unpaired) electrons. The molecule has 88 valence electrons. The molecule has 0 fully saturated rings. The zero-order chi connectivity index (χ0) is 10.9. The first-order chi connectivity index (χ1) is 7.36. The van der Waals surface area contributed by atoms with Crippen molar-refractivity contribution >= 4 is 28.7 Å². The Bertz CT molecular complexity index is 195. The van der Waals surface area contributed by atoms with Crippen molar-refractivity contribution in [3.8, 4) is 0 Å². The summed E-state index contributed by atoms with van der Waals surface area (Å²) in [6, 6.07) is 0. The second kappa shape index (κ2) is 8.34. The second-order valence-electron chi connectivity index (χ2n) is 3.77. The number of thioether (sulfide) groups is 2. The van der Waals surface area contributed by atoms with E-state index < -0.39 is 0 Å². The Morgan fingerprint density at radius 3 is 3.00 bits per heavy atom. The van der Waals surface area contributed by atoms with Crippen LogP contribution in [0.25, 0.3) is 0 Å². The van der Waals surface area contributed by atoms with Gasteiger partial charge < -0.3 is 5.32 Å². The number of hydrogen-bond acceptors (Lipinski definition) is 4. The lowest BCUT2D eigenvalue weighted by molar-refractivity contribution is 0.702. The van der Waals surface area contributed by atoms with E-state index in [1.807, 2.05) is 23.5 Å². The average molecular weight is 246 g/mol. The summed E-state index contributed by atoms with van der Waals surface area (Å²) in [5.41, 5.74) is 0. The van der Waals surface area contributed by atoms with E-state index in [9.17, 15) is 0 Å². The maximum atomic E-state index is 4.49. The lowest BCUT2D eigenvalue weighted by atomic mass is 10.2. The maximum absolute atomic E-state index is 4.49. The van der Waals surface area contributed by atoms with Gasteiger partial charge in [-0.15, -0.1) is 0 Å². The third kappa shape index (κ3) is 5.71. The molecule has 0 aromatic rings. The van der Waals surface area contributed by atoms with Gasteiger partial charge in [-0.2, -0.15) is 11.8 Å². The molecule has 0 amide bonds. The fourth-order valence-electron chi connectivity index (χ4n) is 1.47. The van der Waals surface area contributed by atoms with E-state index in [4.69, 9.17) is 0 Å². The molecule has 1 aliphatic heterocycles. The topological polar surface area (TPSA) is 24.4 Å². The number of nitrogens with zero attached hydrogens (tertiary/aromatic N) is 1. The van der Waals surface area contributed by atoms with Gasteiger partial charge in [0.2, 0.25) is 0 Å². The van der Waals surface area contributed by atoms with Gasteiger partial charge in [0, 0.05) is 11.8 Å². The molecular formula is C11H22N2S2. The van der Waals surface area contributed by atoms with Crippen molar-refractivity contribution in [1.82, 2.24) is 5.32 Å². The van der Waals surface area contributed by atoms with Crippen LogP contribution in [0.5, 0.6) is 0 Å². The Labute approximate surface area is 102 Å². The summed E-state index contributed by atoms with van der Waals surface area (Å²) in [4.78, 5) is 4.49. The van der Waals surface area contributed by atoms with Gasteiger partial charge in [0.25, 0.3) is 0 Å². The summed E-state index contributed by atoms with van der Waals surface area (Å²) in [7, 11) is 0. The van der Waals surface area contributed by atoms with Crippen LogP contribution in [-0.4, -0.2) is 35.5 Å². The highest BCUT2D eigenvalue weighted by atomic mass is 32.2. The van der Waals surface area contributed by atoms with Gasteiger partial charge in [-0.3, -0.25) is 4.99 Å². The Morgan fingerprint density at radius 1 is 1.47 bits per heavy atom. The molecule has 0 saturated heterocycles. The Hall–Kier alpha value is 0.170. The molecule has 4 heteroatoms. The van der Waals surface area contributed by atoms with Crippen molar-refractivity contribution in [2.45, 2.75) is 37.9 Å². The molecule has 1 aliphatic rings. The van der Waals surface area contributed by atoms with Crippen LogP contribution in [0.15, 0.2) is 4.99 Å². The standard InChI is InChI=1S/C11H22N2S2/c1-3-10-9-13-11(15-10)12-7-5-4-6-8-14-2/h10H,3-9H2,1-2H3,(H,12,13). The molecule has 1 heterocycles. The smallest absolute Gasteiger partial charge is 0.156 e. The van der Waals surface area contributed by atoms with Crippen molar-refractivity contribution < 1.29 is 0 Å². The summed E-state index contributed by atoms with van der Waals surface area (Å²) >= 11 is 3.85. The van der Waals surface area contributed by atoms with E-state index in [2.05, 4.69) is 23.5 Å². The number of unbranched alkanes of at least 4 members (excludes halogenated alkanes) is 2. The van der Waals surface area contributed by atoms with Crippen molar-refractivity contribution in [3.05, 3.63) is 0 Å². The van der Waals surface area contributed by atoms with Gasteiger partial charge in [0.05, 0.1) is 6.54 Å². The van der Waals surface area contributed by atoms with Crippen LogP contribution >= 0.6 is 23.5 Å². The Morgan fingerprint density at radius 2 is 2.33 bits per heavy atom. The predicted octanol–water partition coefficient (Wildman–Crippen LogP) is 2.99. The van der Waals surface area contributed by atoms with Gasteiger partial charge >= 0.3 is 0 Å². The molecule has 0 spiro atoms. The number of aliphatic imine (C=N–C) groups is 1. The van der Waals surface area contributed by atoms with E-state index in [-0.39, 0.29) is 0 Å². The highest BCUT2D eigenvalue weighted by Crippen LogP contribution is 2.21. The minimum absolute atomic E-state index is 0.726. The Kier molecular flexibility index (Phi) is 7.36. The third-order valence-electron chi connectivity index (χ3n) is 2.47. The van der Waals surface area contributed by atoms with Gasteiger partial charge in [-0.25, -0.2) is 0 Å². The first-order valence-electron chi connectivity index (χ1n) is 5.80. The van der Waals surface area contributed by atoms with Gasteiger partial charge in [0.1, 0.15) is 0 Å². The quantitative estimate of drug-likeness (QED) is 0.699. The lowest BCUT2D eigenvalue weighted by Crippen LogP contribution is -2.20. The van der Waals surface area contributed by atoms with Crippen molar-refractivity contribution in [2.24, 2.45) is 4.99 Å². The van der Waals surface area contributed by atoms with Crippen LogP contribution < -0.4 is 5.32 Å². The molecule has 0 aliphatic carbocycles. The summed E-state index contributed by atoms with van der Waals surface area (Å²) in [6.45, 7) is 4.34. The van der Waals surface area contributed by atoms with Crippen LogP contribution in [0.3, 0.4) is 0 Å². The second-order valence-corrected chi connectivity index (χ2v) is 6.05. The van der Waals surface area contributed by atoms with Crippen molar-refractivity contribution in [2.75, 3.05) is 25.1 Å². The molecule has 0 bridgehead atoms. The number of rotatable bonds is 7. The number of nitrogens with one attached hydrogen (secondary N) is 1.